The third-order valence-electron chi connectivity index (χ3n) is 2.62. The van der Waals surface area contributed by atoms with Crippen LogP contribution < -0.4 is 4.74 Å². The van der Waals surface area contributed by atoms with Crippen molar-refractivity contribution in [3.8, 4) is 11.5 Å². The lowest BCUT2D eigenvalue weighted by Gasteiger charge is -2.08. The molecule has 4 heteroatoms. The molecule has 0 saturated carbocycles. The molecule has 0 aliphatic rings. The molecule has 2 aromatic rings. The van der Waals surface area contributed by atoms with E-state index in [-0.39, 0.29) is 11.5 Å². The zero-order valence-electron chi connectivity index (χ0n) is 10.3. The van der Waals surface area contributed by atoms with Crippen LogP contribution in [0.15, 0.2) is 42.5 Å². The monoisotopic (exact) mass is 262 g/mol. The summed E-state index contributed by atoms with van der Waals surface area (Å²) in [7, 11) is 0. The lowest BCUT2D eigenvalue weighted by Crippen LogP contribution is -1.97. The lowest BCUT2D eigenvalue weighted by atomic mass is 10.1. The van der Waals surface area contributed by atoms with E-state index in [1.165, 1.54) is 18.2 Å². The van der Waals surface area contributed by atoms with Gasteiger partial charge in [0.05, 0.1) is 0 Å². The van der Waals surface area contributed by atoms with Crippen molar-refractivity contribution in [1.82, 2.24) is 0 Å². The Hall–Kier alpha value is -2.23. The normalized spacial score (nSPS) is 10.3. The predicted octanol–water partition coefficient (Wildman–Crippen LogP) is 4.35. The SMILES string of the molecule is CCC(=O)c1cccc(Oc2cccc(F)c2F)c1. The van der Waals surface area contributed by atoms with Crippen LogP contribution in [0.4, 0.5) is 8.78 Å². The van der Waals surface area contributed by atoms with Crippen LogP contribution in [0.2, 0.25) is 0 Å². The largest absolute Gasteiger partial charge is 0.454 e. The number of halogens is 2. The van der Waals surface area contributed by atoms with Crippen molar-refractivity contribution in [2.45, 2.75) is 13.3 Å². The molecule has 0 atom stereocenters. The van der Waals surface area contributed by atoms with Gasteiger partial charge in [0.15, 0.2) is 17.3 Å². The van der Waals surface area contributed by atoms with E-state index in [0.717, 1.165) is 6.07 Å². The highest BCUT2D eigenvalue weighted by molar-refractivity contribution is 5.96. The first-order valence-electron chi connectivity index (χ1n) is 5.87. The van der Waals surface area contributed by atoms with E-state index >= 15 is 0 Å². The van der Waals surface area contributed by atoms with Crippen LogP contribution in [0.5, 0.6) is 11.5 Å². The molecule has 0 unspecified atom stereocenters. The number of ether oxygens (including phenoxy) is 1. The second-order valence-electron chi connectivity index (χ2n) is 3.96. The van der Waals surface area contributed by atoms with Gasteiger partial charge in [-0.2, -0.15) is 4.39 Å². The number of benzene rings is 2. The van der Waals surface area contributed by atoms with E-state index < -0.39 is 11.6 Å². The molecule has 0 aliphatic heterocycles. The van der Waals surface area contributed by atoms with Crippen molar-refractivity contribution in [1.29, 1.82) is 0 Å². The molecule has 0 aliphatic carbocycles. The maximum Gasteiger partial charge on any atom is 0.201 e. The minimum absolute atomic E-state index is 0.0369. The Morgan fingerprint density at radius 3 is 2.63 bits per heavy atom. The summed E-state index contributed by atoms with van der Waals surface area (Å²) in [6.07, 6.45) is 0.373. The molecular weight excluding hydrogens is 250 g/mol. The van der Waals surface area contributed by atoms with Crippen LogP contribution in [0, 0.1) is 11.6 Å². The Kier molecular flexibility index (Phi) is 3.90. The Bertz CT molecular complexity index is 609. The molecule has 0 N–H and O–H groups in total. The van der Waals surface area contributed by atoms with Crippen LogP contribution in [-0.4, -0.2) is 5.78 Å². The quantitative estimate of drug-likeness (QED) is 0.766. The topological polar surface area (TPSA) is 26.3 Å². The summed E-state index contributed by atoms with van der Waals surface area (Å²) in [6.45, 7) is 1.75. The molecule has 0 aromatic heterocycles. The van der Waals surface area contributed by atoms with Gasteiger partial charge in [0.25, 0.3) is 0 Å². The molecule has 0 spiro atoms. The summed E-state index contributed by atoms with van der Waals surface area (Å²) in [5.74, 6) is -1.97. The summed E-state index contributed by atoms with van der Waals surface area (Å²) in [4.78, 5) is 11.5. The number of ketones is 1. The fraction of sp³-hybridized carbons (Fsp3) is 0.133. The van der Waals surface area contributed by atoms with Gasteiger partial charge in [-0.3, -0.25) is 4.79 Å². The van der Waals surface area contributed by atoms with E-state index in [1.54, 1.807) is 25.1 Å². The fourth-order valence-corrected chi connectivity index (χ4v) is 1.63. The summed E-state index contributed by atoms with van der Waals surface area (Å²) in [6, 6.07) is 10.1. The summed E-state index contributed by atoms with van der Waals surface area (Å²) in [5.41, 5.74) is 0.483. The van der Waals surface area contributed by atoms with E-state index in [0.29, 0.717) is 17.7 Å². The third-order valence-corrected chi connectivity index (χ3v) is 2.62. The van der Waals surface area contributed by atoms with E-state index in [4.69, 9.17) is 4.74 Å². The van der Waals surface area contributed by atoms with Gasteiger partial charge in [-0.25, -0.2) is 4.39 Å². The molecule has 0 radical (unpaired) electrons. The second-order valence-corrected chi connectivity index (χ2v) is 3.96. The zero-order valence-corrected chi connectivity index (χ0v) is 10.3. The Labute approximate surface area is 109 Å². The number of rotatable bonds is 4. The number of Topliss-reactive ketones (excluding diaryl/α,β-unsaturated/α-hetero) is 1. The predicted molar refractivity (Wildman–Crippen MR) is 67.5 cm³/mol. The molecule has 19 heavy (non-hydrogen) atoms. The van der Waals surface area contributed by atoms with Crippen molar-refractivity contribution in [3.05, 3.63) is 59.7 Å². The lowest BCUT2D eigenvalue weighted by molar-refractivity contribution is 0.0988. The van der Waals surface area contributed by atoms with Gasteiger partial charge in [-0.15, -0.1) is 0 Å². The fourth-order valence-electron chi connectivity index (χ4n) is 1.63. The highest BCUT2D eigenvalue weighted by Crippen LogP contribution is 2.26. The minimum atomic E-state index is -1.05. The molecule has 2 nitrogen and oxygen atoms in total. The van der Waals surface area contributed by atoms with Crippen molar-refractivity contribution in [2.75, 3.05) is 0 Å². The maximum absolute atomic E-state index is 13.4. The summed E-state index contributed by atoms with van der Waals surface area (Å²) < 4.78 is 31.7. The molecule has 0 bridgehead atoms. The first-order valence-corrected chi connectivity index (χ1v) is 5.87. The average Bonchev–Trinajstić information content (AvgIpc) is 2.43. The van der Waals surface area contributed by atoms with Crippen LogP contribution in [0.1, 0.15) is 23.7 Å². The summed E-state index contributed by atoms with van der Waals surface area (Å²) >= 11 is 0. The minimum Gasteiger partial charge on any atom is -0.454 e. The molecule has 0 amide bonds. The van der Waals surface area contributed by atoms with Crippen molar-refractivity contribution < 1.29 is 18.3 Å². The van der Waals surface area contributed by atoms with Crippen LogP contribution in [0.25, 0.3) is 0 Å². The number of carbonyl (C=O) groups excluding carboxylic acids is 1. The van der Waals surface area contributed by atoms with E-state index in [9.17, 15) is 13.6 Å². The molecular formula is C15H12F2O2. The summed E-state index contributed by atoms with van der Waals surface area (Å²) in [5, 5.41) is 0. The van der Waals surface area contributed by atoms with Gasteiger partial charge in [-0.1, -0.05) is 25.1 Å². The molecule has 2 aromatic carbocycles. The smallest absolute Gasteiger partial charge is 0.201 e. The first-order chi connectivity index (χ1) is 9.11. The maximum atomic E-state index is 13.4. The van der Waals surface area contributed by atoms with Crippen LogP contribution in [0.3, 0.4) is 0 Å². The number of hydrogen-bond donors (Lipinski definition) is 0. The molecule has 0 fully saturated rings. The third kappa shape index (κ3) is 2.96. The Morgan fingerprint density at radius 1 is 1.16 bits per heavy atom. The van der Waals surface area contributed by atoms with Gasteiger partial charge >= 0.3 is 0 Å². The highest BCUT2D eigenvalue weighted by atomic mass is 19.2. The molecule has 98 valence electrons. The van der Waals surface area contributed by atoms with E-state index in [2.05, 4.69) is 0 Å². The first kappa shape index (κ1) is 13.2. The Balaban J connectivity index is 2.28. The van der Waals surface area contributed by atoms with Crippen molar-refractivity contribution in [3.63, 3.8) is 0 Å². The van der Waals surface area contributed by atoms with Gasteiger partial charge in [0.1, 0.15) is 5.75 Å². The van der Waals surface area contributed by atoms with Gasteiger partial charge in [0.2, 0.25) is 5.82 Å². The van der Waals surface area contributed by atoms with Gasteiger partial charge < -0.3 is 4.74 Å². The average molecular weight is 262 g/mol. The van der Waals surface area contributed by atoms with Crippen molar-refractivity contribution in [2.24, 2.45) is 0 Å². The van der Waals surface area contributed by atoms with E-state index in [1.807, 2.05) is 0 Å². The number of carbonyl (C=O) groups is 1. The van der Waals surface area contributed by atoms with Crippen molar-refractivity contribution >= 4 is 5.78 Å². The standard InChI is InChI=1S/C15H12F2O2/c1-2-13(18)10-5-3-6-11(9-10)19-14-8-4-7-12(16)15(14)17/h3-9H,2H2,1H3. The van der Waals surface area contributed by atoms with Crippen LogP contribution in [-0.2, 0) is 0 Å². The second kappa shape index (κ2) is 5.61. The Morgan fingerprint density at radius 2 is 1.89 bits per heavy atom. The number of hydrogen-bond acceptors (Lipinski definition) is 2. The van der Waals surface area contributed by atoms with Crippen LogP contribution >= 0.6 is 0 Å². The highest BCUT2D eigenvalue weighted by Gasteiger charge is 2.10. The molecule has 0 heterocycles. The zero-order chi connectivity index (χ0) is 13.8. The molecule has 2 rings (SSSR count). The molecule has 0 saturated heterocycles. The van der Waals surface area contributed by atoms with Gasteiger partial charge in [0, 0.05) is 12.0 Å². The van der Waals surface area contributed by atoms with Gasteiger partial charge in [-0.05, 0) is 24.3 Å².